The van der Waals surface area contributed by atoms with Gasteiger partial charge in [-0.25, -0.2) is 9.37 Å². The largest absolute Gasteiger partial charge is 0.302 e. The first-order chi connectivity index (χ1) is 12.6. The average Bonchev–Trinajstić information content (AvgIpc) is 3.23. The number of hydrazine groups is 1. The minimum absolute atomic E-state index is 0.0297. The second-order valence-corrected chi connectivity index (χ2v) is 8.22. The van der Waals surface area contributed by atoms with Crippen molar-refractivity contribution in [3.05, 3.63) is 46.2 Å². The first-order valence-corrected chi connectivity index (χ1v) is 9.92. The lowest BCUT2D eigenvalue weighted by atomic mass is 9.77. The summed E-state index contributed by atoms with van der Waals surface area (Å²) in [6.45, 7) is 2.83. The highest BCUT2D eigenvalue weighted by atomic mass is 32.1. The van der Waals surface area contributed by atoms with Gasteiger partial charge >= 0.3 is 0 Å². The van der Waals surface area contributed by atoms with Crippen molar-refractivity contribution < 1.29 is 9.18 Å². The van der Waals surface area contributed by atoms with Gasteiger partial charge in [0.25, 0.3) is 0 Å². The van der Waals surface area contributed by atoms with Crippen LogP contribution < -0.4 is 16.2 Å². The Bertz CT molecular complexity index is 809. The lowest BCUT2D eigenvalue weighted by molar-refractivity contribution is -0.121. The number of fused-ring (bicyclic) bond motifs is 1. The fraction of sp³-hybridized carbons (Fsp3) is 0.474. The van der Waals surface area contributed by atoms with Gasteiger partial charge in [0.2, 0.25) is 5.91 Å². The molecular weight excluding hydrogens is 351 g/mol. The van der Waals surface area contributed by atoms with Crippen molar-refractivity contribution in [1.82, 2.24) is 15.8 Å². The number of nitrogens with one attached hydrogen (secondary N) is 3. The fourth-order valence-corrected chi connectivity index (χ4v) is 4.98. The van der Waals surface area contributed by atoms with Crippen LogP contribution in [0.3, 0.4) is 0 Å². The number of carbonyl (C=O) groups excluding carboxylic acids is 1. The minimum Gasteiger partial charge on any atom is -0.302 e. The zero-order valence-corrected chi connectivity index (χ0v) is 15.5. The first kappa shape index (κ1) is 17.6. The van der Waals surface area contributed by atoms with Gasteiger partial charge in [-0.2, -0.15) is 0 Å². The molecule has 1 aliphatic carbocycles. The maximum atomic E-state index is 13.9. The fourth-order valence-electron chi connectivity index (χ4n) is 4.00. The van der Waals surface area contributed by atoms with Crippen LogP contribution in [0, 0.1) is 24.6 Å². The molecule has 1 saturated carbocycles. The highest BCUT2D eigenvalue weighted by Gasteiger charge is 2.40. The van der Waals surface area contributed by atoms with E-state index in [9.17, 15) is 9.18 Å². The molecule has 26 heavy (non-hydrogen) atoms. The lowest BCUT2D eigenvalue weighted by Gasteiger charge is -2.31. The van der Waals surface area contributed by atoms with E-state index < -0.39 is 0 Å². The molecule has 1 aromatic carbocycles. The van der Waals surface area contributed by atoms with E-state index in [4.69, 9.17) is 0 Å². The van der Waals surface area contributed by atoms with Gasteiger partial charge in [-0.3, -0.25) is 15.6 Å². The zero-order valence-electron chi connectivity index (χ0n) is 14.7. The molecule has 3 unspecified atom stereocenters. The van der Waals surface area contributed by atoms with Crippen molar-refractivity contribution in [1.29, 1.82) is 0 Å². The van der Waals surface area contributed by atoms with Crippen LogP contribution in [0.2, 0.25) is 0 Å². The van der Waals surface area contributed by atoms with Crippen molar-refractivity contribution in [2.75, 3.05) is 11.9 Å². The maximum absolute atomic E-state index is 13.9. The van der Waals surface area contributed by atoms with Crippen LogP contribution in [0.4, 0.5) is 9.52 Å². The molecule has 1 aromatic heterocycles. The number of aryl methyl sites for hydroxylation is 1. The standard InChI is InChI=1S/C19H23FN4OS/c1-11-16(9-12-5-2-3-8-15(12)20)26-19(22-11)23-18(25)14-7-4-6-13-10-21-24-17(13)14/h2-3,5,8,13-14,17,21,24H,4,6-7,9-10H2,1H3,(H,22,23,25). The number of nitrogens with zero attached hydrogens (tertiary/aromatic N) is 1. The van der Waals surface area contributed by atoms with E-state index in [0.29, 0.717) is 23.0 Å². The van der Waals surface area contributed by atoms with Gasteiger partial charge in [0.05, 0.1) is 11.6 Å². The number of rotatable bonds is 4. The summed E-state index contributed by atoms with van der Waals surface area (Å²) in [6.07, 6.45) is 3.63. The molecule has 5 nitrogen and oxygen atoms in total. The summed E-state index contributed by atoms with van der Waals surface area (Å²) in [5.74, 6) is 0.304. The van der Waals surface area contributed by atoms with Crippen molar-refractivity contribution in [2.45, 2.75) is 38.6 Å². The van der Waals surface area contributed by atoms with Crippen molar-refractivity contribution >= 4 is 22.4 Å². The minimum atomic E-state index is -0.209. The van der Waals surface area contributed by atoms with E-state index in [-0.39, 0.29) is 23.7 Å². The van der Waals surface area contributed by atoms with Gasteiger partial charge in [0.15, 0.2) is 5.13 Å². The summed E-state index contributed by atoms with van der Waals surface area (Å²) in [7, 11) is 0. The predicted octanol–water partition coefficient (Wildman–Crippen LogP) is 3.01. The maximum Gasteiger partial charge on any atom is 0.230 e. The van der Waals surface area contributed by atoms with Crippen molar-refractivity contribution in [3.8, 4) is 0 Å². The summed E-state index contributed by atoms with van der Waals surface area (Å²) in [6, 6.07) is 6.97. The molecule has 7 heteroatoms. The van der Waals surface area contributed by atoms with E-state index in [1.165, 1.54) is 17.4 Å². The zero-order chi connectivity index (χ0) is 18.1. The summed E-state index contributed by atoms with van der Waals surface area (Å²) in [5, 5.41) is 3.60. The van der Waals surface area contributed by atoms with Crippen LogP contribution in [0.25, 0.3) is 0 Å². The molecule has 3 atom stereocenters. The topological polar surface area (TPSA) is 66.0 Å². The molecule has 0 spiro atoms. The molecule has 4 rings (SSSR count). The van der Waals surface area contributed by atoms with Gasteiger partial charge in [-0.1, -0.05) is 24.6 Å². The normalized spacial score (nSPS) is 25.1. The molecule has 2 aromatic rings. The lowest BCUT2D eigenvalue weighted by Crippen LogP contribution is -2.45. The predicted molar refractivity (Wildman–Crippen MR) is 100 cm³/mol. The Morgan fingerprint density at radius 1 is 1.38 bits per heavy atom. The monoisotopic (exact) mass is 374 g/mol. The number of amides is 1. The number of aromatic nitrogens is 1. The van der Waals surface area contributed by atoms with Crippen LogP contribution in [-0.2, 0) is 11.2 Å². The van der Waals surface area contributed by atoms with E-state index in [2.05, 4.69) is 21.2 Å². The van der Waals surface area contributed by atoms with Crippen molar-refractivity contribution in [3.63, 3.8) is 0 Å². The van der Waals surface area contributed by atoms with Gasteiger partial charge < -0.3 is 5.32 Å². The number of hydrogen-bond donors (Lipinski definition) is 3. The average molecular weight is 374 g/mol. The van der Waals surface area contributed by atoms with Crippen LogP contribution in [0.5, 0.6) is 0 Å². The molecule has 1 amide bonds. The molecule has 2 aliphatic rings. The Balaban J connectivity index is 1.45. The Hall–Kier alpha value is -1.83. The second-order valence-electron chi connectivity index (χ2n) is 7.13. The third-order valence-electron chi connectivity index (χ3n) is 5.43. The highest BCUT2D eigenvalue weighted by Crippen LogP contribution is 2.33. The number of anilines is 1. The number of halogens is 1. The SMILES string of the molecule is Cc1nc(NC(=O)C2CCCC3CNNC32)sc1Cc1ccccc1F. The number of benzene rings is 1. The third kappa shape index (κ3) is 3.51. The highest BCUT2D eigenvalue weighted by molar-refractivity contribution is 7.15. The molecule has 1 aliphatic heterocycles. The summed E-state index contributed by atoms with van der Waals surface area (Å²) >= 11 is 1.43. The molecule has 0 bridgehead atoms. The van der Waals surface area contributed by atoms with Gasteiger partial charge in [0, 0.05) is 23.9 Å². The quantitative estimate of drug-likeness (QED) is 0.770. The second kappa shape index (κ2) is 7.42. The van der Waals surface area contributed by atoms with Gasteiger partial charge in [0.1, 0.15) is 5.82 Å². The Labute approximate surface area is 156 Å². The number of carbonyl (C=O) groups is 1. The molecule has 0 radical (unpaired) electrons. The summed E-state index contributed by atoms with van der Waals surface area (Å²) < 4.78 is 13.9. The van der Waals surface area contributed by atoms with Crippen molar-refractivity contribution in [2.24, 2.45) is 11.8 Å². The van der Waals surface area contributed by atoms with Crippen LogP contribution in [-0.4, -0.2) is 23.5 Å². The smallest absolute Gasteiger partial charge is 0.230 e. The molecule has 2 heterocycles. The van der Waals surface area contributed by atoms with E-state index in [0.717, 1.165) is 36.4 Å². The first-order valence-electron chi connectivity index (χ1n) is 9.11. The Morgan fingerprint density at radius 3 is 3.08 bits per heavy atom. The summed E-state index contributed by atoms with van der Waals surface area (Å²) in [4.78, 5) is 18.2. The van der Waals surface area contributed by atoms with Crippen LogP contribution in [0.15, 0.2) is 24.3 Å². The molecule has 3 N–H and O–H groups in total. The van der Waals surface area contributed by atoms with E-state index >= 15 is 0 Å². The van der Waals surface area contributed by atoms with E-state index in [1.54, 1.807) is 12.1 Å². The molecule has 2 fully saturated rings. The summed E-state index contributed by atoms with van der Waals surface area (Å²) in [5.41, 5.74) is 7.93. The van der Waals surface area contributed by atoms with Gasteiger partial charge in [-0.05, 0) is 37.3 Å². The van der Waals surface area contributed by atoms with E-state index in [1.807, 2.05) is 13.0 Å². The van der Waals surface area contributed by atoms with Gasteiger partial charge in [-0.15, -0.1) is 11.3 Å². The molecule has 138 valence electrons. The number of thiazole rings is 1. The third-order valence-corrected chi connectivity index (χ3v) is 6.51. The van der Waals surface area contributed by atoms with Crippen LogP contribution in [0.1, 0.15) is 35.4 Å². The Kier molecular flexibility index (Phi) is 5.02. The number of hydrogen-bond acceptors (Lipinski definition) is 5. The molecule has 1 saturated heterocycles. The molecular formula is C19H23FN4OS. The van der Waals surface area contributed by atoms with Crippen LogP contribution >= 0.6 is 11.3 Å². The Morgan fingerprint density at radius 2 is 2.23 bits per heavy atom.